The fourth-order valence-electron chi connectivity index (χ4n) is 0.804. The molecule has 0 bridgehead atoms. The molecule has 0 spiro atoms. The lowest BCUT2D eigenvalue weighted by molar-refractivity contribution is 1.26. The Balaban J connectivity index is 3.03. The van der Waals surface area contributed by atoms with Gasteiger partial charge in [0.1, 0.15) is 11.8 Å². The first-order valence-electron chi connectivity index (χ1n) is 3.35. The lowest BCUT2D eigenvalue weighted by atomic mass is 10.2. The molecule has 54 valence electrons. The van der Waals surface area contributed by atoms with Gasteiger partial charge in [-0.05, 0) is 24.6 Å². The van der Waals surface area contributed by atoms with Crippen LogP contribution < -0.4 is 0 Å². The summed E-state index contributed by atoms with van der Waals surface area (Å²) >= 11 is 0. The lowest BCUT2D eigenvalue weighted by Crippen LogP contribution is -1.81. The van der Waals surface area contributed by atoms with Crippen LogP contribution in [0.25, 0.3) is 6.08 Å². The van der Waals surface area contributed by atoms with Crippen molar-refractivity contribution >= 4 is 6.08 Å². The van der Waals surface area contributed by atoms with Crippen LogP contribution in [0, 0.1) is 11.3 Å². The molecule has 0 aliphatic heterocycles. The normalized spacial score (nSPS) is 9.82. The summed E-state index contributed by atoms with van der Waals surface area (Å²) in [6, 6.07) is 5.59. The molecule has 1 aromatic heterocycles. The van der Waals surface area contributed by atoms with Crippen LogP contribution in [0.4, 0.5) is 0 Å². The SMILES string of the molecule is C/C=C/c1ccnc(C#N)c1. The molecule has 0 aliphatic rings. The van der Waals surface area contributed by atoms with E-state index in [-0.39, 0.29) is 0 Å². The molecular weight excluding hydrogens is 136 g/mol. The van der Waals surface area contributed by atoms with Gasteiger partial charge >= 0.3 is 0 Å². The molecule has 1 aromatic rings. The Morgan fingerprint density at radius 1 is 1.64 bits per heavy atom. The van der Waals surface area contributed by atoms with Gasteiger partial charge in [0.15, 0.2) is 0 Å². The Kier molecular flexibility index (Phi) is 2.40. The number of allylic oxidation sites excluding steroid dienone is 1. The summed E-state index contributed by atoms with van der Waals surface area (Å²) in [6.07, 6.45) is 5.49. The molecular formula is C9H8N2. The van der Waals surface area contributed by atoms with Crippen molar-refractivity contribution in [2.45, 2.75) is 6.92 Å². The summed E-state index contributed by atoms with van der Waals surface area (Å²) in [5.41, 5.74) is 1.47. The number of aromatic nitrogens is 1. The van der Waals surface area contributed by atoms with Crippen LogP contribution >= 0.6 is 0 Å². The van der Waals surface area contributed by atoms with Crippen molar-refractivity contribution in [3.8, 4) is 6.07 Å². The highest BCUT2D eigenvalue weighted by Crippen LogP contribution is 2.02. The first kappa shape index (κ1) is 7.49. The second-order valence-corrected chi connectivity index (χ2v) is 2.09. The quantitative estimate of drug-likeness (QED) is 0.604. The zero-order valence-corrected chi connectivity index (χ0v) is 6.28. The highest BCUT2D eigenvalue weighted by Gasteiger charge is 1.90. The van der Waals surface area contributed by atoms with Gasteiger partial charge in [0.2, 0.25) is 0 Å². The largest absolute Gasteiger partial charge is 0.246 e. The van der Waals surface area contributed by atoms with Crippen molar-refractivity contribution in [1.29, 1.82) is 5.26 Å². The van der Waals surface area contributed by atoms with E-state index >= 15 is 0 Å². The van der Waals surface area contributed by atoms with Gasteiger partial charge in [0, 0.05) is 6.20 Å². The summed E-state index contributed by atoms with van der Waals surface area (Å²) < 4.78 is 0. The number of nitriles is 1. The predicted octanol–water partition coefficient (Wildman–Crippen LogP) is 1.99. The van der Waals surface area contributed by atoms with E-state index in [4.69, 9.17) is 5.26 Å². The van der Waals surface area contributed by atoms with Crippen molar-refractivity contribution in [3.63, 3.8) is 0 Å². The van der Waals surface area contributed by atoms with Gasteiger partial charge in [-0.3, -0.25) is 0 Å². The van der Waals surface area contributed by atoms with Crippen molar-refractivity contribution in [1.82, 2.24) is 4.98 Å². The van der Waals surface area contributed by atoms with Crippen LogP contribution in [-0.4, -0.2) is 4.98 Å². The minimum Gasteiger partial charge on any atom is -0.246 e. The second kappa shape index (κ2) is 3.52. The van der Waals surface area contributed by atoms with Gasteiger partial charge in [-0.1, -0.05) is 12.2 Å². The number of hydrogen-bond acceptors (Lipinski definition) is 2. The molecule has 0 saturated heterocycles. The van der Waals surface area contributed by atoms with Crippen LogP contribution in [0.15, 0.2) is 24.4 Å². The van der Waals surface area contributed by atoms with Crippen LogP contribution in [0.1, 0.15) is 18.2 Å². The molecule has 0 N–H and O–H groups in total. The van der Waals surface area contributed by atoms with Crippen molar-refractivity contribution in [3.05, 3.63) is 35.7 Å². The molecule has 0 aliphatic carbocycles. The molecule has 2 heteroatoms. The van der Waals surface area contributed by atoms with Gasteiger partial charge in [-0.2, -0.15) is 5.26 Å². The lowest BCUT2D eigenvalue weighted by Gasteiger charge is -1.90. The average Bonchev–Trinajstić information content (AvgIpc) is 2.06. The number of hydrogen-bond donors (Lipinski definition) is 0. The van der Waals surface area contributed by atoms with Crippen LogP contribution in [0.3, 0.4) is 0 Å². The fourth-order valence-corrected chi connectivity index (χ4v) is 0.804. The fraction of sp³-hybridized carbons (Fsp3) is 0.111. The summed E-state index contributed by atoms with van der Waals surface area (Å²) in [7, 11) is 0. The standard InChI is InChI=1S/C9H8N2/c1-2-3-8-4-5-11-9(6-8)7-10/h2-6H,1H3/b3-2+. The van der Waals surface area contributed by atoms with Gasteiger partial charge in [0.05, 0.1) is 0 Å². The summed E-state index contributed by atoms with van der Waals surface area (Å²) in [4.78, 5) is 3.85. The highest BCUT2D eigenvalue weighted by atomic mass is 14.7. The van der Waals surface area contributed by atoms with Crippen LogP contribution in [0.5, 0.6) is 0 Å². The second-order valence-electron chi connectivity index (χ2n) is 2.09. The van der Waals surface area contributed by atoms with Gasteiger partial charge < -0.3 is 0 Å². The predicted molar refractivity (Wildman–Crippen MR) is 43.7 cm³/mol. The number of pyridine rings is 1. The van der Waals surface area contributed by atoms with E-state index in [0.29, 0.717) is 5.69 Å². The van der Waals surface area contributed by atoms with Gasteiger partial charge in [0.25, 0.3) is 0 Å². The third-order valence-electron chi connectivity index (χ3n) is 1.26. The minimum atomic E-state index is 0.459. The van der Waals surface area contributed by atoms with Crippen molar-refractivity contribution in [2.75, 3.05) is 0 Å². The number of rotatable bonds is 1. The van der Waals surface area contributed by atoms with Crippen molar-refractivity contribution < 1.29 is 0 Å². The van der Waals surface area contributed by atoms with Crippen molar-refractivity contribution in [2.24, 2.45) is 0 Å². The molecule has 0 fully saturated rings. The Morgan fingerprint density at radius 2 is 2.45 bits per heavy atom. The summed E-state index contributed by atoms with van der Waals surface area (Å²) in [5, 5.41) is 8.49. The van der Waals surface area contributed by atoms with E-state index in [0.717, 1.165) is 5.56 Å². The Morgan fingerprint density at radius 3 is 3.09 bits per heavy atom. The van der Waals surface area contributed by atoms with E-state index in [1.54, 1.807) is 12.3 Å². The summed E-state index contributed by atoms with van der Waals surface area (Å²) in [5.74, 6) is 0. The molecule has 0 radical (unpaired) electrons. The minimum absolute atomic E-state index is 0.459. The Bertz CT molecular complexity index is 308. The summed E-state index contributed by atoms with van der Waals surface area (Å²) in [6.45, 7) is 1.94. The monoisotopic (exact) mass is 144 g/mol. The van der Waals surface area contributed by atoms with Gasteiger partial charge in [-0.15, -0.1) is 0 Å². The third-order valence-corrected chi connectivity index (χ3v) is 1.26. The van der Waals surface area contributed by atoms with Crippen LogP contribution in [-0.2, 0) is 0 Å². The maximum Gasteiger partial charge on any atom is 0.141 e. The first-order valence-corrected chi connectivity index (χ1v) is 3.35. The molecule has 0 saturated carbocycles. The molecule has 2 nitrogen and oxygen atoms in total. The van der Waals surface area contributed by atoms with E-state index < -0.39 is 0 Å². The zero-order valence-electron chi connectivity index (χ0n) is 6.28. The van der Waals surface area contributed by atoms with E-state index in [9.17, 15) is 0 Å². The van der Waals surface area contributed by atoms with E-state index in [1.807, 2.05) is 31.2 Å². The maximum atomic E-state index is 8.49. The Hall–Kier alpha value is -1.62. The molecule has 11 heavy (non-hydrogen) atoms. The molecule has 1 rings (SSSR count). The van der Waals surface area contributed by atoms with E-state index in [2.05, 4.69) is 4.98 Å². The molecule has 1 heterocycles. The van der Waals surface area contributed by atoms with Gasteiger partial charge in [-0.25, -0.2) is 4.98 Å². The third kappa shape index (κ3) is 1.91. The van der Waals surface area contributed by atoms with E-state index in [1.165, 1.54) is 0 Å². The zero-order chi connectivity index (χ0) is 8.10. The highest BCUT2D eigenvalue weighted by molar-refractivity contribution is 5.49. The average molecular weight is 144 g/mol. The Labute approximate surface area is 65.8 Å². The smallest absolute Gasteiger partial charge is 0.141 e. The first-order chi connectivity index (χ1) is 5.36. The number of nitrogens with zero attached hydrogens (tertiary/aromatic N) is 2. The maximum absolute atomic E-state index is 8.49. The topological polar surface area (TPSA) is 36.7 Å². The molecule has 0 unspecified atom stereocenters. The molecule has 0 atom stereocenters. The van der Waals surface area contributed by atoms with Crippen LogP contribution in [0.2, 0.25) is 0 Å². The molecule has 0 amide bonds. The molecule has 0 aromatic carbocycles.